The number of ether oxygens (including phenoxy) is 1. The van der Waals surface area contributed by atoms with Gasteiger partial charge in [-0.1, -0.05) is 74.0 Å². The van der Waals surface area contributed by atoms with Crippen molar-refractivity contribution >= 4 is 51.0 Å². The minimum atomic E-state index is -0.300. The second-order valence-electron chi connectivity index (χ2n) is 11.0. The molecule has 0 saturated heterocycles. The monoisotopic (exact) mass is 540 g/mol. The summed E-state index contributed by atoms with van der Waals surface area (Å²) in [6, 6.07) is 38.1. The number of hydrogen-bond donors (Lipinski definition) is 0. The van der Waals surface area contributed by atoms with Gasteiger partial charge in [0, 0.05) is 16.5 Å². The first kappa shape index (κ1) is 24.4. The van der Waals surface area contributed by atoms with Crippen molar-refractivity contribution < 1.29 is 4.74 Å². The fourth-order valence-corrected chi connectivity index (χ4v) is 6.92. The normalized spacial score (nSPS) is 12.7. The summed E-state index contributed by atoms with van der Waals surface area (Å²) in [5, 5.41) is 23.2. The highest BCUT2D eigenvalue weighted by molar-refractivity contribution is 6.92. The zero-order valence-electron chi connectivity index (χ0n) is 23.1. The van der Waals surface area contributed by atoms with Crippen LogP contribution in [0.4, 0.5) is 11.4 Å². The number of anilines is 2. The maximum Gasteiger partial charge on any atom is 0.332 e. The summed E-state index contributed by atoms with van der Waals surface area (Å²) in [6.07, 6.45) is 2.97. The van der Waals surface area contributed by atoms with Crippen LogP contribution in [0.15, 0.2) is 97.1 Å². The Morgan fingerprint density at radius 3 is 2.33 bits per heavy atom. The van der Waals surface area contributed by atoms with Crippen molar-refractivity contribution in [2.45, 2.75) is 26.2 Å². The number of benzene rings is 5. The quantitative estimate of drug-likeness (QED) is 0.221. The third-order valence-corrected chi connectivity index (χ3v) is 8.65. The maximum atomic E-state index is 10.5. The second-order valence-corrected chi connectivity index (χ2v) is 11.0. The van der Waals surface area contributed by atoms with Gasteiger partial charge in [0.25, 0.3) is 0 Å². The maximum absolute atomic E-state index is 10.5. The highest BCUT2D eigenvalue weighted by Gasteiger charge is 2.43. The Labute approximate surface area is 244 Å². The largest absolute Gasteiger partial charge is 0.453 e. The van der Waals surface area contributed by atoms with Crippen molar-refractivity contribution in [3.8, 4) is 29.3 Å². The van der Waals surface area contributed by atoms with Gasteiger partial charge in [0.05, 0.1) is 33.5 Å². The molecule has 0 amide bonds. The molecular formula is C36H25BN4O. The smallest absolute Gasteiger partial charge is 0.332 e. The molecule has 42 heavy (non-hydrogen) atoms. The van der Waals surface area contributed by atoms with E-state index in [2.05, 4.69) is 101 Å². The molecule has 0 fully saturated rings. The minimum absolute atomic E-state index is 0.300. The molecule has 1 aromatic heterocycles. The van der Waals surface area contributed by atoms with Gasteiger partial charge in [-0.2, -0.15) is 10.5 Å². The molecule has 5 aromatic carbocycles. The van der Waals surface area contributed by atoms with Crippen LogP contribution in [0.25, 0.3) is 27.5 Å². The molecule has 0 N–H and O–H groups in total. The number of para-hydroxylation sites is 4. The Balaban J connectivity index is 1.50. The van der Waals surface area contributed by atoms with Crippen LogP contribution in [0.3, 0.4) is 0 Å². The van der Waals surface area contributed by atoms with E-state index in [4.69, 9.17) is 4.74 Å². The highest BCUT2D eigenvalue weighted by Crippen LogP contribution is 2.51. The molecule has 0 atom stereocenters. The number of unbranched alkanes of at least 4 members (excludes halogenated alkanes) is 1. The number of aryl methyl sites for hydroxylation is 1. The summed E-state index contributed by atoms with van der Waals surface area (Å²) in [7, 11) is 0. The van der Waals surface area contributed by atoms with Crippen LogP contribution in [-0.2, 0) is 6.42 Å². The van der Waals surface area contributed by atoms with Gasteiger partial charge in [-0.25, -0.2) is 0 Å². The van der Waals surface area contributed by atoms with E-state index in [-0.39, 0.29) is 6.85 Å². The molecule has 0 saturated carbocycles. The lowest BCUT2D eigenvalue weighted by Crippen LogP contribution is -2.59. The van der Waals surface area contributed by atoms with E-state index in [1.54, 1.807) is 0 Å². The third-order valence-electron chi connectivity index (χ3n) is 8.65. The highest BCUT2D eigenvalue weighted by atomic mass is 16.5. The molecule has 0 radical (unpaired) electrons. The molecule has 6 aromatic rings. The predicted molar refractivity (Wildman–Crippen MR) is 169 cm³/mol. The number of hydrogen-bond acceptors (Lipinski definition) is 4. The summed E-state index contributed by atoms with van der Waals surface area (Å²) in [6.45, 7) is 1.87. The van der Waals surface area contributed by atoms with Gasteiger partial charge < -0.3 is 14.1 Å². The molecular weight excluding hydrogens is 515 g/mol. The van der Waals surface area contributed by atoms with Gasteiger partial charge in [0.1, 0.15) is 12.1 Å². The van der Waals surface area contributed by atoms with E-state index in [1.807, 2.05) is 24.3 Å². The standard InChI is InChI=1S/C36H25BN4O/c1-2-3-10-23-19-25(22-39)35-33(20-23)42-32-18-8-11-24(21-38)34(32)41(35)37-28-14-5-7-17-31(28)40-30-16-6-4-12-26(30)27-13-9-15-29(37)36(27)40/h4-9,11-20H,2-3,10H2,1H3. The predicted octanol–water partition coefficient (Wildman–Crippen LogP) is 7.23. The molecule has 0 unspecified atom stereocenters. The molecule has 198 valence electrons. The van der Waals surface area contributed by atoms with Crippen LogP contribution in [-0.4, -0.2) is 11.4 Å². The summed E-state index contributed by atoms with van der Waals surface area (Å²) >= 11 is 0. The molecule has 0 aliphatic carbocycles. The van der Waals surface area contributed by atoms with Gasteiger partial charge in [0.15, 0.2) is 11.5 Å². The van der Waals surface area contributed by atoms with Crippen molar-refractivity contribution in [1.82, 2.24) is 4.57 Å². The van der Waals surface area contributed by atoms with Crippen molar-refractivity contribution in [3.05, 3.63) is 114 Å². The number of aromatic nitrogens is 1. The van der Waals surface area contributed by atoms with E-state index < -0.39 is 0 Å². The van der Waals surface area contributed by atoms with Crippen molar-refractivity contribution in [2.24, 2.45) is 0 Å². The Hall–Kier alpha value is -5.46. The van der Waals surface area contributed by atoms with E-state index in [0.717, 1.165) is 52.5 Å². The van der Waals surface area contributed by atoms with E-state index in [1.165, 1.54) is 10.8 Å². The number of rotatable bonds is 4. The fraction of sp³-hybridized carbons (Fsp3) is 0.111. The first-order valence-electron chi connectivity index (χ1n) is 14.4. The lowest BCUT2D eigenvalue weighted by Gasteiger charge is -2.41. The zero-order valence-corrected chi connectivity index (χ0v) is 23.1. The molecule has 2 aliphatic heterocycles. The van der Waals surface area contributed by atoms with Gasteiger partial charge in [-0.3, -0.25) is 0 Å². The van der Waals surface area contributed by atoms with Gasteiger partial charge in [-0.15, -0.1) is 0 Å². The molecule has 8 rings (SSSR count). The topological polar surface area (TPSA) is 65.0 Å². The molecule has 5 nitrogen and oxygen atoms in total. The second kappa shape index (κ2) is 9.30. The average molecular weight is 540 g/mol. The molecule has 0 spiro atoms. The Kier molecular flexibility index (Phi) is 5.39. The van der Waals surface area contributed by atoms with Crippen LogP contribution in [0, 0.1) is 22.7 Å². The molecule has 2 aliphatic rings. The first-order chi connectivity index (χ1) is 20.7. The number of nitrogens with zero attached hydrogens (tertiary/aromatic N) is 4. The van der Waals surface area contributed by atoms with Gasteiger partial charge in [-0.05, 0) is 65.7 Å². The third kappa shape index (κ3) is 3.30. The van der Waals surface area contributed by atoms with Crippen LogP contribution in [0.1, 0.15) is 36.5 Å². The number of fused-ring (bicyclic) bond motifs is 7. The lowest BCUT2D eigenvalue weighted by atomic mass is 9.46. The van der Waals surface area contributed by atoms with Gasteiger partial charge in [0.2, 0.25) is 0 Å². The summed E-state index contributed by atoms with van der Waals surface area (Å²) < 4.78 is 8.90. The Bertz CT molecular complexity index is 2170. The molecule has 0 bridgehead atoms. The summed E-state index contributed by atoms with van der Waals surface area (Å²) in [5.74, 6) is 1.27. The van der Waals surface area contributed by atoms with Crippen LogP contribution in [0.5, 0.6) is 11.5 Å². The van der Waals surface area contributed by atoms with Crippen LogP contribution < -0.4 is 20.5 Å². The van der Waals surface area contributed by atoms with Crippen molar-refractivity contribution in [2.75, 3.05) is 4.81 Å². The minimum Gasteiger partial charge on any atom is -0.453 e. The lowest BCUT2D eigenvalue weighted by molar-refractivity contribution is 0.477. The zero-order chi connectivity index (χ0) is 28.4. The summed E-state index contributed by atoms with van der Waals surface area (Å²) in [5.41, 5.74) is 9.14. The van der Waals surface area contributed by atoms with Crippen molar-refractivity contribution in [3.63, 3.8) is 0 Å². The Morgan fingerprint density at radius 2 is 1.48 bits per heavy atom. The van der Waals surface area contributed by atoms with E-state index >= 15 is 0 Å². The van der Waals surface area contributed by atoms with E-state index in [0.29, 0.717) is 34.0 Å². The van der Waals surface area contributed by atoms with Crippen LogP contribution in [0.2, 0.25) is 0 Å². The summed E-state index contributed by atoms with van der Waals surface area (Å²) in [4.78, 5) is 2.20. The van der Waals surface area contributed by atoms with Crippen molar-refractivity contribution in [1.29, 1.82) is 10.5 Å². The average Bonchev–Trinajstić information content (AvgIpc) is 3.38. The Morgan fingerprint density at radius 1 is 0.738 bits per heavy atom. The SMILES string of the molecule is CCCCc1cc(C#N)c2c(c1)Oc1cccc(C#N)c1N2B1c2ccccc2-n2c3ccccc3c3cccc1c32. The molecule has 6 heteroatoms. The molecule has 3 heterocycles. The first-order valence-corrected chi connectivity index (χ1v) is 14.4. The van der Waals surface area contributed by atoms with E-state index in [9.17, 15) is 10.5 Å². The number of nitriles is 2. The van der Waals surface area contributed by atoms with Gasteiger partial charge >= 0.3 is 6.85 Å². The fourth-order valence-electron chi connectivity index (χ4n) is 6.92. The van der Waals surface area contributed by atoms with Crippen LogP contribution >= 0.6 is 0 Å².